The summed E-state index contributed by atoms with van der Waals surface area (Å²) in [5.41, 5.74) is 0. The van der Waals surface area contributed by atoms with Gasteiger partial charge in [-0.25, -0.2) is 0 Å². The molecule has 42 valence electrons. The van der Waals surface area contributed by atoms with Crippen molar-refractivity contribution in [1.29, 1.82) is 0 Å². The minimum absolute atomic E-state index is 0.449. The van der Waals surface area contributed by atoms with Gasteiger partial charge in [0.1, 0.15) is 6.23 Å². The van der Waals surface area contributed by atoms with Crippen LogP contribution in [0.4, 0.5) is 0 Å². The molecule has 7 heavy (non-hydrogen) atoms. The number of hydrogen-bond acceptors (Lipinski definition) is 2. The zero-order valence-corrected chi connectivity index (χ0v) is 4.85. The average Bonchev–Trinajstić information content (AvgIpc) is 2.44. The third-order valence-corrected chi connectivity index (χ3v) is 1.31. The second-order valence-electron chi connectivity index (χ2n) is 1.86. The van der Waals surface area contributed by atoms with Crippen LogP contribution in [0.2, 0.25) is 0 Å². The summed E-state index contributed by atoms with van der Waals surface area (Å²) in [5, 5.41) is 0. The molecule has 0 aromatic carbocycles. The van der Waals surface area contributed by atoms with E-state index in [-0.39, 0.29) is 0 Å². The highest BCUT2D eigenvalue weighted by Gasteiger charge is 2.25. The highest BCUT2D eigenvalue weighted by atomic mass is 16.6. The Labute approximate surface area is 44.1 Å². The Kier molecular flexibility index (Phi) is 1.30. The zero-order valence-electron chi connectivity index (χ0n) is 4.85. The molecule has 1 unspecified atom stereocenters. The fourth-order valence-electron chi connectivity index (χ4n) is 0.501. The molecule has 0 bridgehead atoms. The van der Waals surface area contributed by atoms with Crippen LogP contribution in [-0.4, -0.2) is 31.3 Å². The molecule has 1 fully saturated rings. The second-order valence-corrected chi connectivity index (χ2v) is 1.86. The van der Waals surface area contributed by atoms with E-state index in [1.54, 1.807) is 0 Å². The summed E-state index contributed by atoms with van der Waals surface area (Å²) in [6, 6.07) is 0. The third-order valence-electron chi connectivity index (χ3n) is 1.31. The van der Waals surface area contributed by atoms with Gasteiger partial charge < -0.3 is 4.74 Å². The summed E-state index contributed by atoms with van der Waals surface area (Å²) in [6.07, 6.45) is 0.449. The first-order valence-corrected chi connectivity index (χ1v) is 2.66. The van der Waals surface area contributed by atoms with Gasteiger partial charge in [-0.05, 0) is 13.6 Å². The number of epoxide rings is 1. The van der Waals surface area contributed by atoms with Gasteiger partial charge in [0.05, 0.1) is 6.61 Å². The van der Waals surface area contributed by atoms with E-state index in [0.29, 0.717) is 6.23 Å². The van der Waals surface area contributed by atoms with Crippen molar-refractivity contribution in [3.05, 3.63) is 0 Å². The van der Waals surface area contributed by atoms with Crippen molar-refractivity contribution in [2.45, 2.75) is 13.2 Å². The van der Waals surface area contributed by atoms with Crippen molar-refractivity contribution in [3.63, 3.8) is 0 Å². The predicted octanol–water partition coefficient (Wildman–Crippen LogP) is 0.294. The van der Waals surface area contributed by atoms with E-state index in [1.165, 1.54) is 0 Å². The Morgan fingerprint density at radius 1 is 1.86 bits per heavy atom. The van der Waals surface area contributed by atoms with Crippen LogP contribution in [0.3, 0.4) is 0 Å². The molecule has 0 saturated carbocycles. The van der Waals surface area contributed by atoms with Crippen LogP contribution < -0.4 is 0 Å². The van der Waals surface area contributed by atoms with Crippen LogP contribution in [0.5, 0.6) is 0 Å². The summed E-state index contributed by atoms with van der Waals surface area (Å²) < 4.78 is 4.99. The lowest BCUT2D eigenvalue weighted by Gasteiger charge is -2.07. The summed E-state index contributed by atoms with van der Waals surface area (Å²) in [6.45, 7) is 4.15. The molecule has 2 heteroatoms. The van der Waals surface area contributed by atoms with Crippen LogP contribution >= 0.6 is 0 Å². The van der Waals surface area contributed by atoms with E-state index in [1.807, 2.05) is 0 Å². The average molecular weight is 101 g/mol. The molecule has 1 saturated heterocycles. The van der Waals surface area contributed by atoms with Gasteiger partial charge in [0.25, 0.3) is 0 Å². The maximum atomic E-state index is 4.99. The molecule has 0 amide bonds. The summed E-state index contributed by atoms with van der Waals surface area (Å²) in [4.78, 5) is 2.18. The van der Waals surface area contributed by atoms with Crippen molar-refractivity contribution in [2.24, 2.45) is 0 Å². The van der Waals surface area contributed by atoms with Gasteiger partial charge in [0.15, 0.2) is 0 Å². The topological polar surface area (TPSA) is 15.8 Å². The van der Waals surface area contributed by atoms with Gasteiger partial charge in [0.2, 0.25) is 0 Å². The van der Waals surface area contributed by atoms with Crippen LogP contribution in [0, 0.1) is 0 Å². The van der Waals surface area contributed by atoms with Gasteiger partial charge in [-0.1, -0.05) is 6.92 Å². The first-order chi connectivity index (χ1) is 3.34. The Balaban J connectivity index is 2.10. The highest BCUT2D eigenvalue weighted by Crippen LogP contribution is 2.11. The summed E-state index contributed by atoms with van der Waals surface area (Å²) in [5.74, 6) is 0. The monoisotopic (exact) mass is 101 g/mol. The standard InChI is InChI=1S/C5H11NO/c1-3-6(2)5-4-7-5/h5H,3-4H2,1-2H3. The zero-order chi connectivity index (χ0) is 5.28. The molecule has 2 nitrogen and oxygen atoms in total. The maximum Gasteiger partial charge on any atom is 0.134 e. The van der Waals surface area contributed by atoms with E-state index < -0.39 is 0 Å². The van der Waals surface area contributed by atoms with E-state index in [2.05, 4.69) is 18.9 Å². The van der Waals surface area contributed by atoms with E-state index in [0.717, 1.165) is 13.2 Å². The van der Waals surface area contributed by atoms with Crippen LogP contribution in [0.15, 0.2) is 0 Å². The molecule has 1 rings (SSSR count). The largest absolute Gasteiger partial charge is 0.357 e. The number of likely N-dealkylation sites (N-methyl/N-ethyl adjacent to an activating group) is 1. The SMILES string of the molecule is CCN(C)C1CO1. The molecular weight excluding hydrogens is 90.1 g/mol. The second kappa shape index (κ2) is 1.80. The van der Waals surface area contributed by atoms with Gasteiger partial charge in [-0.15, -0.1) is 0 Å². The quantitative estimate of drug-likeness (QED) is 0.465. The fraction of sp³-hybridized carbons (Fsp3) is 1.00. The van der Waals surface area contributed by atoms with E-state index >= 15 is 0 Å². The molecule has 0 aromatic rings. The van der Waals surface area contributed by atoms with E-state index in [9.17, 15) is 0 Å². The van der Waals surface area contributed by atoms with Crippen molar-refractivity contribution in [2.75, 3.05) is 20.2 Å². The number of nitrogens with zero attached hydrogens (tertiary/aromatic N) is 1. The van der Waals surface area contributed by atoms with Gasteiger partial charge in [-0.2, -0.15) is 0 Å². The first kappa shape index (κ1) is 5.06. The lowest BCUT2D eigenvalue weighted by atomic mass is 10.6. The Morgan fingerprint density at radius 2 is 2.43 bits per heavy atom. The summed E-state index contributed by atoms with van der Waals surface area (Å²) >= 11 is 0. The number of ether oxygens (including phenoxy) is 1. The van der Waals surface area contributed by atoms with Crippen LogP contribution in [-0.2, 0) is 4.74 Å². The van der Waals surface area contributed by atoms with Crippen molar-refractivity contribution in [3.8, 4) is 0 Å². The molecule has 0 aliphatic carbocycles. The Morgan fingerprint density at radius 3 is 2.57 bits per heavy atom. The molecule has 1 aliphatic heterocycles. The lowest BCUT2D eigenvalue weighted by Crippen LogP contribution is -2.20. The van der Waals surface area contributed by atoms with Crippen molar-refractivity contribution >= 4 is 0 Å². The molecule has 0 spiro atoms. The molecular formula is C5H11NO. The number of hydrogen-bond donors (Lipinski definition) is 0. The molecule has 0 radical (unpaired) electrons. The first-order valence-electron chi connectivity index (χ1n) is 2.66. The molecule has 0 aromatic heterocycles. The minimum atomic E-state index is 0.449. The maximum absolute atomic E-state index is 4.99. The van der Waals surface area contributed by atoms with Gasteiger partial charge >= 0.3 is 0 Å². The van der Waals surface area contributed by atoms with Crippen LogP contribution in [0.1, 0.15) is 6.92 Å². The third kappa shape index (κ3) is 1.14. The number of rotatable bonds is 2. The lowest BCUT2D eigenvalue weighted by molar-refractivity contribution is 0.220. The normalized spacial score (nSPS) is 28.7. The van der Waals surface area contributed by atoms with Crippen LogP contribution in [0.25, 0.3) is 0 Å². The van der Waals surface area contributed by atoms with E-state index in [4.69, 9.17) is 4.74 Å². The van der Waals surface area contributed by atoms with Gasteiger partial charge in [0, 0.05) is 0 Å². The molecule has 0 N–H and O–H groups in total. The predicted molar refractivity (Wildman–Crippen MR) is 28.0 cm³/mol. The smallest absolute Gasteiger partial charge is 0.134 e. The minimum Gasteiger partial charge on any atom is -0.357 e. The van der Waals surface area contributed by atoms with Gasteiger partial charge in [-0.3, -0.25) is 4.90 Å². The Hall–Kier alpha value is -0.0800. The Bertz CT molecular complexity index is 61.1. The molecule has 1 heterocycles. The van der Waals surface area contributed by atoms with Crippen molar-refractivity contribution in [1.82, 2.24) is 4.90 Å². The highest BCUT2D eigenvalue weighted by molar-refractivity contribution is 4.66. The molecule has 1 atom stereocenters. The summed E-state index contributed by atoms with van der Waals surface area (Å²) in [7, 11) is 2.07. The van der Waals surface area contributed by atoms with Crippen molar-refractivity contribution < 1.29 is 4.74 Å². The fourth-order valence-corrected chi connectivity index (χ4v) is 0.501. The molecule has 1 aliphatic rings.